The largest absolute Gasteiger partial charge is 0.457 e. The minimum absolute atomic E-state index is 0.463. The van der Waals surface area contributed by atoms with Crippen LogP contribution in [0.4, 0.5) is 0 Å². The van der Waals surface area contributed by atoms with Gasteiger partial charge in [0.1, 0.15) is 11.5 Å². The Kier molecular flexibility index (Phi) is 3.03. The van der Waals surface area contributed by atoms with Crippen LogP contribution in [0.3, 0.4) is 0 Å². The summed E-state index contributed by atoms with van der Waals surface area (Å²) in [5.41, 5.74) is 1.00. The fraction of sp³-hybridized carbons (Fsp3) is 0.0714. The van der Waals surface area contributed by atoms with E-state index in [2.05, 4.69) is 0 Å². The molecule has 0 saturated carbocycles. The van der Waals surface area contributed by atoms with Crippen molar-refractivity contribution in [3.63, 3.8) is 0 Å². The molecule has 1 aliphatic heterocycles. The number of carbonyl (C=O) groups is 1. The number of carbonyl (C=O) groups excluding carboxylic acids is 1. The zero-order valence-corrected chi connectivity index (χ0v) is 11.7. The van der Waals surface area contributed by atoms with Gasteiger partial charge in [-0.3, -0.25) is 4.79 Å². The summed E-state index contributed by atoms with van der Waals surface area (Å²) in [5, 5.41) is -1.04. The second-order valence-electron chi connectivity index (χ2n) is 4.37. The van der Waals surface area contributed by atoms with Crippen LogP contribution < -0.4 is 4.74 Å². The molecule has 20 heavy (non-hydrogen) atoms. The van der Waals surface area contributed by atoms with E-state index in [1.807, 2.05) is 0 Å². The highest BCUT2D eigenvalue weighted by Crippen LogP contribution is 2.45. The lowest BCUT2D eigenvalue weighted by Gasteiger charge is -2.26. The number of benzene rings is 2. The van der Waals surface area contributed by atoms with Crippen LogP contribution in [0.25, 0.3) is 0 Å². The van der Waals surface area contributed by atoms with E-state index in [1.54, 1.807) is 48.5 Å². The number of rotatable bonds is 1. The van der Waals surface area contributed by atoms with Crippen LogP contribution in [0.15, 0.2) is 48.5 Å². The second-order valence-corrected chi connectivity index (χ2v) is 6.86. The highest BCUT2D eigenvalue weighted by atomic mass is 35.7. The van der Waals surface area contributed by atoms with Gasteiger partial charge in [-0.05, 0) is 12.1 Å². The van der Waals surface area contributed by atoms with Crippen LogP contribution in [0.1, 0.15) is 17.0 Å². The normalized spacial score (nSPS) is 14.1. The number of fused-ring (bicyclic) bond motifs is 2. The molecule has 6 heteroatoms. The third-order valence-corrected chi connectivity index (χ3v) is 4.33. The van der Waals surface area contributed by atoms with E-state index in [9.17, 15) is 13.2 Å². The first kappa shape index (κ1) is 13.1. The maximum atomic E-state index is 12.2. The van der Waals surface area contributed by atoms with Crippen LogP contribution >= 0.6 is 10.7 Å². The fourth-order valence-corrected chi connectivity index (χ4v) is 3.11. The van der Waals surface area contributed by atoms with Crippen LogP contribution in [0.5, 0.6) is 11.5 Å². The molecular formula is C14H9ClO4S. The number of hydrogen-bond acceptors (Lipinski definition) is 4. The van der Waals surface area contributed by atoms with Crippen molar-refractivity contribution >= 4 is 24.8 Å². The Hall–Kier alpha value is -1.85. The van der Waals surface area contributed by atoms with Crippen molar-refractivity contribution in [3.05, 3.63) is 59.7 Å². The highest BCUT2D eigenvalue weighted by molar-refractivity contribution is 8.25. The summed E-state index contributed by atoms with van der Waals surface area (Å²) in [4.78, 5) is 12.2. The van der Waals surface area contributed by atoms with E-state index in [0.717, 1.165) is 0 Å². The third-order valence-electron chi connectivity index (χ3n) is 3.16. The molecule has 0 aromatic heterocycles. The molecule has 0 atom stereocenters. The topological polar surface area (TPSA) is 60.4 Å². The van der Waals surface area contributed by atoms with Crippen LogP contribution in [-0.2, 0) is 13.8 Å². The number of ether oxygens (including phenoxy) is 1. The zero-order valence-electron chi connectivity index (χ0n) is 10.1. The standard InChI is InChI=1S/C14H9ClO4S/c15-20(17,18)14(16)13-9-5-1-3-7-11(9)19-12-8-4-2-6-10(12)13/h1-8,13H. The first-order valence-electron chi connectivity index (χ1n) is 5.82. The maximum absolute atomic E-state index is 12.2. The first-order valence-corrected chi connectivity index (χ1v) is 8.13. The second kappa shape index (κ2) is 4.61. The molecule has 0 amide bonds. The number of para-hydroxylation sites is 2. The molecule has 1 heterocycles. The minimum atomic E-state index is -4.31. The Morgan fingerprint density at radius 1 is 0.950 bits per heavy atom. The summed E-state index contributed by atoms with van der Waals surface area (Å²) in [6.45, 7) is 0. The maximum Gasteiger partial charge on any atom is 0.296 e. The zero-order chi connectivity index (χ0) is 14.3. The van der Waals surface area contributed by atoms with Gasteiger partial charge >= 0.3 is 0 Å². The summed E-state index contributed by atoms with van der Waals surface area (Å²) in [6.07, 6.45) is 0. The summed E-state index contributed by atoms with van der Waals surface area (Å²) in [6, 6.07) is 13.6. The summed E-state index contributed by atoms with van der Waals surface area (Å²) in [7, 11) is 0.922. The van der Waals surface area contributed by atoms with Crippen LogP contribution in [0.2, 0.25) is 0 Å². The Morgan fingerprint density at radius 2 is 1.40 bits per heavy atom. The molecule has 0 N–H and O–H groups in total. The fourth-order valence-electron chi connectivity index (χ4n) is 2.30. The molecule has 0 saturated heterocycles. The molecule has 1 aliphatic rings. The molecule has 0 spiro atoms. The lowest BCUT2D eigenvalue weighted by molar-refractivity contribution is -0.112. The van der Waals surface area contributed by atoms with Crippen LogP contribution in [0, 0.1) is 0 Å². The Bertz CT molecular complexity index is 753. The summed E-state index contributed by atoms with van der Waals surface area (Å²) >= 11 is 0. The van der Waals surface area contributed by atoms with Gasteiger partial charge in [0, 0.05) is 21.8 Å². The highest BCUT2D eigenvalue weighted by Gasteiger charge is 2.38. The van der Waals surface area contributed by atoms with E-state index in [0.29, 0.717) is 22.6 Å². The molecule has 0 radical (unpaired) electrons. The van der Waals surface area contributed by atoms with Crippen molar-refractivity contribution in [2.75, 3.05) is 0 Å². The van der Waals surface area contributed by atoms with Crippen molar-refractivity contribution in [2.24, 2.45) is 0 Å². The van der Waals surface area contributed by atoms with Gasteiger partial charge < -0.3 is 4.74 Å². The number of hydrogen-bond donors (Lipinski definition) is 0. The Labute approximate surface area is 120 Å². The Morgan fingerprint density at radius 3 is 1.85 bits per heavy atom. The summed E-state index contributed by atoms with van der Waals surface area (Å²) < 4.78 is 28.5. The van der Waals surface area contributed by atoms with Crippen molar-refractivity contribution in [2.45, 2.75) is 5.92 Å². The molecule has 2 aromatic rings. The van der Waals surface area contributed by atoms with Gasteiger partial charge in [-0.15, -0.1) is 0 Å². The van der Waals surface area contributed by atoms with Crippen molar-refractivity contribution in [1.29, 1.82) is 0 Å². The predicted molar refractivity (Wildman–Crippen MR) is 74.6 cm³/mol. The van der Waals surface area contributed by atoms with Gasteiger partial charge in [-0.25, -0.2) is 8.42 Å². The molecule has 3 rings (SSSR count). The Balaban J connectivity index is 2.25. The van der Waals surface area contributed by atoms with E-state index >= 15 is 0 Å². The van der Waals surface area contributed by atoms with Crippen molar-refractivity contribution < 1.29 is 17.9 Å². The van der Waals surface area contributed by atoms with Gasteiger partial charge in [-0.1, -0.05) is 36.4 Å². The SMILES string of the molecule is O=C(C1c2ccccc2Oc2ccccc21)S(=O)(=O)Cl. The van der Waals surface area contributed by atoms with E-state index in [-0.39, 0.29) is 0 Å². The molecule has 4 nitrogen and oxygen atoms in total. The molecule has 2 aromatic carbocycles. The van der Waals surface area contributed by atoms with E-state index < -0.39 is 20.1 Å². The van der Waals surface area contributed by atoms with Gasteiger partial charge in [0.25, 0.3) is 14.2 Å². The lowest BCUT2D eigenvalue weighted by atomic mass is 9.89. The average molecular weight is 309 g/mol. The summed E-state index contributed by atoms with van der Waals surface area (Å²) in [5.74, 6) is -0.0339. The van der Waals surface area contributed by atoms with Crippen molar-refractivity contribution in [3.8, 4) is 11.5 Å². The molecule has 0 bridgehead atoms. The quantitative estimate of drug-likeness (QED) is 0.760. The molecule has 0 aliphatic carbocycles. The molecule has 0 unspecified atom stereocenters. The monoisotopic (exact) mass is 308 g/mol. The van der Waals surface area contributed by atoms with Gasteiger partial charge in [0.15, 0.2) is 0 Å². The average Bonchev–Trinajstić information content (AvgIpc) is 2.43. The van der Waals surface area contributed by atoms with Gasteiger partial charge in [-0.2, -0.15) is 0 Å². The predicted octanol–water partition coefficient (Wildman–Crippen LogP) is 3.02. The molecule has 102 valence electrons. The minimum Gasteiger partial charge on any atom is -0.457 e. The third kappa shape index (κ3) is 2.09. The van der Waals surface area contributed by atoms with Crippen LogP contribution in [-0.4, -0.2) is 13.5 Å². The first-order chi connectivity index (χ1) is 9.48. The molecule has 0 fully saturated rings. The van der Waals surface area contributed by atoms with Crippen molar-refractivity contribution in [1.82, 2.24) is 0 Å². The van der Waals surface area contributed by atoms with Gasteiger partial charge in [0.2, 0.25) is 0 Å². The van der Waals surface area contributed by atoms with E-state index in [1.165, 1.54) is 0 Å². The number of halogens is 1. The smallest absolute Gasteiger partial charge is 0.296 e. The molecular weight excluding hydrogens is 300 g/mol. The van der Waals surface area contributed by atoms with Gasteiger partial charge in [0.05, 0.1) is 5.92 Å². The van der Waals surface area contributed by atoms with E-state index in [4.69, 9.17) is 15.4 Å². The lowest BCUT2D eigenvalue weighted by Crippen LogP contribution is -2.23.